The topological polar surface area (TPSA) is 64.6 Å². The van der Waals surface area contributed by atoms with Crippen LogP contribution in [0.3, 0.4) is 0 Å². The van der Waals surface area contributed by atoms with Crippen molar-refractivity contribution in [1.29, 1.82) is 0 Å². The Kier molecular flexibility index (Phi) is 6.50. The third kappa shape index (κ3) is 4.97. The molecule has 2 aromatic rings. The highest BCUT2D eigenvalue weighted by Gasteiger charge is 2.17. The van der Waals surface area contributed by atoms with E-state index in [1.54, 1.807) is 6.07 Å². The zero-order chi connectivity index (χ0) is 18.4. The summed E-state index contributed by atoms with van der Waals surface area (Å²) in [5, 5.41) is 5.00. The maximum absolute atomic E-state index is 11.9. The van der Waals surface area contributed by atoms with Gasteiger partial charge in [-0.3, -0.25) is 4.79 Å². The molecule has 0 aliphatic heterocycles. The molecule has 1 N–H and O–H groups in total. The monoisotopic (exact) mass is 419 g/mol. The lowest BCUT2D eigenvalue weighted by atomic mass is 9.95. The zero-order valence-electron chi connectivity index (χ0n) is 14.5. The van der Waals surface area contributed by atoms with E-state index in [4.69, 9.17) is 9.47 Å². The molecule has 0 atom stereocenters. The average molecular weight is 420 g/mol. The molecule has 26 heavy (non-hydrogen) atoms. The van der Waals surface area contributed by atoms with Gasteiger partial charge in [-0.25, -0.2) is 4.79 Å². The summed E-state index contributed by atoms with van der Waals surface area (Å²) < 4.78 is 11.3. The molecule has 0 saturated heterocycles. The van der Waals surface area contributed by atoms with E-state index in [-0.39, 0.29) is 25.2 Å². The highest BCUT2D eigenvalue weighted by atomic mass is 79.9. The molecule has 1 amide bonds. The first-order valence-electron chi connectivity index (χ1n) is 8.88. The van der Waals surface area contributed by atoms with Crippen molar-refractivity contribution in [3.8, 4) is 5.75 Å². The van der Waals surface area contributed by atoms with Crippen molar-refractivity contribution in [2.45, 2.75) is 38.1 Å². The minimum absolute atomic E-state index is 0.208. The molecule has 1 saturated carbocycles. The van der Waals surface area contributed by atoms with Gasteiger partial charge in [-0.15, -0.1) is 0 Å². The van der Waals surface area contributed by atoms with Crippen molar-refractivity contribution in [2.24, 2.45) is 0 Å². The van der Waals surface area contributed by atoms with Crippen LogP contribution in [-0.2, 0) is 14.3 Å². The largest absolute Gasteiger partial charge is 0.481 e. The molecule has 138 valence electrons. The third-order valence-corrected chi connectivity index (χ3v) is 5.33. The summed E-state index contributed by atoms with van der Waals surface area (Å²) in [4.78, 5) is 23.7. The second-order valence-electron chi connectivity index (χ2n) is 6.45. The summed E-state index contributed by atoms with van der Waals surface area (Å²) >= 11 is 3.51. The smallest absolute Gasteiger partial charge is 0.344 e. The Labute approximate surface area is 161 Å². The van der Waals surface area contributed by atoms with Gasteiger partial charge in [-0.1, -0.05) is 49.6 Å². The van der Waals surface area contributed by atoms with Gasteiger partial charge in [0.25, 0.3) is 5.91 Å². The average Bonchev–Trinajstić information content (AvgIpc) is 2.67. The number of hydrogen-bond acceptors (Lipinski definition) is 4. The zero-order valence-corrected chi connectivity index (χ0v) is 16.1. The van der Waals surface area contributed by atoms with E-state index >= 15 is 0 Å². The number of amides is 1. The fraction of sp³-hybridized carbons (Fsp3) is 0.400. The second-order valence-corrected chi connectivity index (χ2v) is 7.24. The molecule has 6 heteroatoms. The molecule has 1 aliphatic rings. The van der Waals surface area contributed by atoms with Gasteiger partial charge in [0.2, 0.25) is 0 Å². The van der Waals surface area contributed by atoms with Gasteiger partial charge in [-0.2, -0.15) is 0 Å². The molecule has 3 rings (SSSR count). The number of carbonyl (C=O) groups excluding carboxylic acids is 2. The first-order valence-corrected chi connectivity index (χ1v) is 9.68. The molecule has 0 radical (unpaired) electrons. The highest BCUT2D eigenvalue weighted by Crippen LogP contribution is 2.32. The van der Waals surface area contributed by atoms with Gasteiger partial charge >= 0.3 is 5.97 Å². The summed E-state index contributed by atoms with van der Waals surface area (Å²) in [7, 11) is 0. The van der Waals surface area contributed by atoms with Crippen LogP contribution in [-0.4, -0.2) is 31.1 Å². The maximum atomic E-state index is 11.9. The van der Waals surface area contributed by atoms with Crippen molar-refractivity contribution < 1.29 is 19.1 Å². The van der Waals surface area contributed by atoms with Crippen LogP contribution in [0.15, 0.2) is 40.9 Å². The summed E-state index contributed by atoms with van der Waals surface area (Å²) in [5.74, 6) is -0.256. The molecule has 1 aliphatic carbocycles. The number of benzene rings is 2. The van der Waals surface area contributed by atoms with Gasteiger partial charge < -0.3 is 14.8 Å². The van der Waals surface area contributed by atoms with Gasteiger partial charge in [0, 0.05) is 6.04 Å². The molecule has 1 fully saturated rings. The minimum Gasteiger partial charge on any atom is -0.481 e. The number of halogens is 1. The molecular formula is C20H22BrNO4. The predicted molar refractivity (Wildman–Crippen MR) is 103 cm³/mol. The van der Waals surface area contributed by atoms with Crippen molar-refractivity contribution >= 4 is 38.6 Å². The molecule has 0 aromatic heterocycles. The molecule has 0 bridgehead atoms. The van der Waals surface area contributed by atoms with Gasteiger partial charge in [0.05, 0.1) is 4.47 Å². The van der Waals surface area contributed by atoms with Crippen LogP contribution < -0.4 is 10.1 Å². The number of esters is 1. The van der Waals surface area contributed by atoms with Crippen LogP contribution in [0.25, 0.3) is 10.8 Å². The normalized spacial score (nSPS) is 14.8. The maximum Gasteiger partial charge on any atom is 0.344 e. The van der Waals surface area contributed by atoms with E-state index < -0.39 is 5.97 Å². The number of hydrogen-bond donors (Lipinski definition) is 1. The number of nitrogens with one attached hydrogen (secondary N) is 1. The summed E-state index contributed by atoms with van der Waals surface area (Å²) in [6.45, 7) is -0.509. The Hall–Kier alpha value is -2.08. The van der Waals surface area contributed by atoms with E-state index in [9.17, 15) is 9.59 Å². The summed E-state index contributed by atoms with van der Waals surface area (Å²) in [5.41, 5.74) is 0. The first-order chi connectivity index (χ1) is 12.6. The Balaban J connectivity index is 1.45. The van der Waals surface area contributed by atoms with Crippen molar-refractivity contribution in [2.75, 3.05) is 13.2 Å². The first kappa shape index (κ1) is 18.7. The number of carbonyl (C=O) groups is 2. The lowest BCUT2D eigenvalue weighted by Crippen LogP contribution is -2.39. The molecular weight excluding hydrogens is 398 g/mol. The third-order valence-electron chi connectivity index (χ3n) is 4.51. The Morgan fingerprint density at radius 2 is 1.81 bits per heavy atom. The van der Waals surface area contributed by atoms with Crippen LogP contribution >= 0.6 is 15.9 Å². The van der Waals surface area contributed by atoms with E-state index in [1.807, 2.05) is 30.3 Å². The quantitative estimate of drug-likeness (QED) is 0.719. The number of fused-ring (bicyclic) bond motifs is 1. The molecule has 2 aromatic carbocycles. The Morgan fingerprint density at radius 1 is 1.04 bits per heavy atom. The SMILES string of the molecule is O=C(COC(=O)COc1ccc2ccccc2c1Br)NC1CCCCC1. The van der Waals surface area contributed by atoms with Crippen LogP contribution in [0.1, 0.15) is 32.1 Å². The van der Waals surface area contributed by atoms with E-state index in [2.05, 4.69) is 21.2 Å². The fourth-order valence-electron chi connectivity index (χ4n) is 3.17. The van der Waals surface area contributed by atoms with E-state index in [1.165, 1.54) is 6.42 Å². The van der Waals surface area contributed by atoms with Gasteiger partial charge in [-0.05, 0) is 45.6 Å². The van der Waals surface area contributed by atoms with E-state index in [0.29, 0.717) is 5.75 Å². The summed E-state index contributed by atoms with van der Waals surface area (Å²) in [6.07, 6.45) is 5.50. The van der Waals surface area contributed by atoms with Gasteiger partial charge in [0.1, 0.15) is 5.75 Å². The van der Waals surface area contributed by atoms with Crippen LogP contribution in [0, 0.1) is 0 Å². The molecule has 5 nitrogen and oxygen atoms in total. The molecule has 0 heterocycles. The van der Waals surface area contributed by atoms with E-state index in [0.717, 1.165) is 40.9 Å². The summed E-state index contributed by atoms with van der Waals surface area (Å²) in [6, 6.07) is 11.8. The van der Waals surface area contributed by atoms with Crippen molar-refractivity contribution in [1.82, 2.24) is 5.32 Å². The van der Waals surface area contributed by atoms with Crippen molar-refractivity contribution in [3.63, 3.8) is 0 Å². The Morgan fingerprint density at radius 3 is 2.62 bits per heavy atom. The standard InChI is InChI=1S/C20H22BrNO4/c21-20-16-9-5-4-6-14(16)10-11-17(20)25-13-19(24)26-12-18(23)22-15-7-2-1-3-8-15/h4-6,9-11,15H,1-3,7-8,12-13H2,(H,22,23). The number of ether oxygens (including phenoxy) is 2. The predicted octanol–water partition coefficient (Wildman–Crippen LogP) is 3.97. The fourth-order valence-corrected chi connectivity index (χ4v) is 3.77. The van der Waals surface area contributed by atoms with Crippen molar-refractivity contribution in [3.05, 3.63) is 40.9 Å². The molecule has 0 unspecified atom stereocenters. The minimum atomic E-state index is -0.566. The molecule has 0 spiro atoms. The second kappa shape index (κ2) is 9.03. The number of rotatable bonds is 6. The lowest BCUT2D eigenvalue weighted by Gasteiger charge is -2.22. The van der Waals surface area contributed by atoms with Crippen LogP contribution in [0.2, 0.25) is 0 Å². The van der Waals surface area contributed by atoms with Crippen LogP contribution in [0.5, 0.6) is 5.75 Å². The van der Waals surface area contributed by atoms with Gasteiger partial charge in [0.15, 0.2) is 13.2 Å². The van der Waals surface area contributed by atoms with Crippen LogP contribution in [0.4, 0.5) is 0 Å². The lowest BCUT2D eigenvalue weighted by molar-refractivity contribution is -0.150. The Bertz CT molecular complexity index is 786. The highest BCUT2D eigenvalue weighted by molar-refractivity contribution is 9.10.